The van der Waals surface area contributed by atoms with Gasteiger partial charge in [0.15, 0.2) is 11.5 Å². The average molecular weight is 377 g/mol. The fourth-order valence-electron chi connectivity index (χ4n) is 2.13. The molecule has 26 heavy (non-hydrogen) atoms. The van der Waals surface area contributed by atoms with Crippen LogP contribution in [-0.2, 0) is 14.8 Å². The highest BCUT2D eigenvalue weighted by Crippen LogP contribution is 2.36. The summed E-state index contributed by atoms with van der Waals surface area (Å²) < 4.78 is 38.3. The van der Waals surface area contributed by atoms with E-state index in [0.717, 1.165) is 11.6 Å². The molecule has 0 aliphatic rings. The normalized spacial score (nSPS) is 11.3. The third-order valence-electron chi connectivity index (χ3n) is 3.32. The van der Waals surface area contributed by atoms with Crippen molar-refractivity contribution in [1.29, 1.82) is 0 Å². The van der Waals surface area contributed by atoms with Gasteiger partial charge in [0.25, 0.3) is 10.0 Å². The van der Waals surface area contributed by atoms with Crippen LogP contribution in [0.2, 0.25) is 0 Å². The molecule has 2 aromatic rings. The highest BCUT2D eigenvalue weighted by atomic mass is 32.2. The number of hydrogen-bond donors (Lipinski definition) is 1. The molecule has 0 saturated carbocycles. The summed E-state index contributed by atoms with van der Waals surface area (Å²) in [6.07, 6.45) is 3.50. The molecule has 0 atom stereocenters. The van der Waals surface area contributed by atoms with E-state index in [4.69, 9.17) is 9.47 Å². The molecular weight excluding hydrogens is 360 g/mol. The molecule has 0 amide bonds. The molecule has 0 aliphatic carbocycles. The maximum absolute atomic E-state index is 12.8. The molecule has 2 rings (SSSR count). The molecule has 9 heteroatoms. The highest BCUT2D eigenvalue weighted by Gasteiger charge is 2.24. The van der Waals surface area contributed by atoms with Crippen LogP contribution in [0.25, 0.3) is 6.08 Å². The predicted molar refractivity (Wildman–Crippen MR) is 93.4 cm³/mol. The molecule has 1 heterocycles. The van der Waals surface area contributed by atoms with Gasteiger partial charge in [-0.05, 0) is 42.3 Å². The van der Waals surface area contributed by atoms with E-state index in [9.17, 15) is 18.3 Å². The topological polar surface area (TPSA) is 118 Å². The Kier molecular flexibility index (Phi) is 5.83. The standard InChI is InChI=1S/C17H18N2O6S/c1-11-4-6-15(18-10-11)19-26(22,23)14-9-12(5-7-16(20)21)8-13(24-2)17(14)25-3/h4-10H,1-3H3,(H,18,19)(H,20,21)/p-1/b7-5+. The SMILES string of the molecule is COc1cc(/C=C/C(=O)[O-])cc(S(=O)(=O)Nc2ccc(C)cn2)c1OC. The quantitative estimate of drug-likeness (QED) is 0.714. The van der Waals surface area contributed by atoms with E-state index in [1.54, 1.807) is 6.07 Å². The van der Waals surface area contributed by atoms with Crippen molar-refractivity contribution < 1.29 is 27.8 Å². The van der Waals surface area contributed by atoms with Crippen molar-refractivity contribution in [2.45, 2.75) is 11.8 Å². The average Bonchev–Trinajstić information content (AvgIpc) is 2.60. The van der Waals surface area contributed by atoms with Crippen LogP contribution in [0.3, 0.4) is 0 Å². The van der Waals surface area contributed by atoms with Gasteiger partial charge in [-0.1, -0.05) is 12.1 Å². The van der Waals surface area contributed by atoms with Crippen LogP contribution in [0.5, 0.6) is 11.5 Å². The number of hydrogen-bond acceptors (Lipinski definition) is 7. The first-order chi connectivity index (χ1) is 12.3. The Balaban J connectivity index is 2.55. The van der Waals surface area contributed by atoms with Gasteiger partial charge in [0, 0.05) is 6.20 Å². The summed E-state index contributed by atoms with van der Waals surface area (Å²) in [5.74, 6) is -1.17. The zero-order valence-corrected chi connectivity index (χ0v) is 15.2. The Labute approximate surface area is 151 Å². The number of rotatable bonds is 7. The fourth-order valence-corrected chi connectivity index (χ4v) is 3.36. The molecule has 138 valence electrons. The lowest BCUT2D eigenvalue weighted by molar-refractivity contribution is -0.297. The van der Waals surface area contributed by atoms with Crippen LogP contribution in [0.1, 0.15) is 11.1 Å². The summed E-state index contributed by atoms with van der Waals surface area (Å²) in [5, 5.41) is 10.6. The van der Waals surface area contributed by atoms with Gasteiger partial charge in [0.1, 0.15) is 10.7 Å². The first kappa shape index (κ1) is 19.3. The zero-order valence-electron chi connectivity index (χ0n) is 14.3. The molecule has 8 nitrogen and oxygen atoms in total. The lowest BCUT2D eigenvalue weighted by Crippen LogP contribution is -2.18. The Hall–Kier alpha value is -3.07. The molecule has 1 aromatic carbocycles. The Morgan fingerprint density at radius 3 is 2.50 bits per heavy atom. The summed E-state index contributed by atoms with van der Waals surface area (Å²) >= 11 is 0. The number of carboxylic acid groups (broad SMARTS) is 1. The lowest BCUT2D eigenvalue weighted by Gasteiger charge is -2.15. The number of aryl methyl sites for hydroxylation is 1. The monoisotopic (exact) mass is 377 g/mol. The van der Waals surface area contributed by atoms with Gasteiger partial charge in [-0.3, -0.25) is 4.72 Å². The first-order valence-corrected chi connectivity index (χ1v) is 8.85. The molecule has 0 saturated heterocycles. The number of anilines is 1. The third-order valence-corrected chi connectivity index (χ3v) is 4.68. The second-order valence-corrected chi connectivity index (χ2v) is 6.88. The van der Waals surface area contributed by atoms with Crippen molar-refractivity contribution in [3.8, 4) is 11.5 Å². The second-order valence-electron chi connectivity index (χ2n) is 5.23. The summed E-state index contributed by atoms with van der Waals surface area (Å²) in [6.45, 7) is 1.83. The molecule has 0 bridgehead atoms. The van der Waals surface area contributed by atoms with Crippen molar-refractivity contribution in [2.24, 2.45) is 0 Å². The number of carbonyl (C=O) groups excluding carboxylic acids is 1. The van der Waals surface area contributed by atoms with Gasteiger partial charge in [-0.15, -0.1) is 0 Å². The number of methoxy groups -OCH3 is 2. The number of ether oxygens (including phenoxy) is 2. The minimum Gasteiger partial charge on any atom is -0.545 e. The van der Waals surface area contributed by atoms with Crippen molar-refractivity contribution in [3.63, 3.8) is 0 Å². The number of aromatic nitrogens is 1. The third kappa shape index (κ3) is 4.51. The molecule has 0 unspecified atom stereocenters. The maximum Gasteiger partial charge on any atom is 0.266 e. The first-order valence-electron chi connectivity index (χ1n) is 7.37. The van der Waals surface area contributed by atoms with Crippen LogP contribution in [0, 0.1) is 6.92 Å². The van der Waals surface area contributed by atoms with Gasteiger partial charge in [-0.25, -0.2) is 13.4 Å². The summed E-state index contributed by atoms with van der Waals surface area (Å²) in [4.78, 5) is 14.4. The van der Waals surface area contributed by atoms with Crippen LogP contribution in [-0.4, -0.2) is 33.6 Å². The van der Waals surface area contributed by atoms with Crippen molar-refractivity contribution in [1.82, 2.24) is 4.98 Å². The second kappa shape index (κ2) is 7.87. The number of nitrogens with one attached hydrogen (secondary N) is 1. The van der Waals surface area contributed by atoms with Gasteiger partial charge in [-0.2, -0.15) is 0 Å². The minimum absolute atomic E-state index is 0.0160. The van der Waals surface area contributed by atoms with Crippen molar-refractivity contribution in [2.75, 3.05) is 18.9 Å². The van der Waals surface area contributed by atoms with E-state index in [0.29, 0.717) is 0 Å². The molecule has 0 fully saturated rings. The van der Waals surface area contributed by atoms with Gasteiger partial charge in [0.05, 0.1) is 20.2 Å². The number of sulfonamides is 1. The van der Waals surface area contributed by atoms with Gasteiger partial charge in [0.2, 0.25) is 0 Å². The number of aliphatic carboxylic acids is 1. The largest absolute Gasteiger partial charge is 0.545 e. The minimum atomic E-state index is -4.08. The predicted octanol–water partition coefficient (Wildman–Crippen LogP) is 0.971. The van der Waals surface area contributed by atoms with Gasteiger partial charge >= 0.3 is 0 Å². The lowest BCUT2D eigenvalue weighted by atomic mass is 10.2. The van der Waals surface area contributed by atoms with Crippen molar-refractivity contribution in [3.05, 3.63) is 47.7 Å². The Morgan fingerprint density at radius 1 is 1.23 bits per heavy atom. The number of benzene rings is 1. The Morgan fingerprint density at radius 2 is 1.96 bits per heavy atom. The fraction of sp³-hybridized carbons (Fsp3) is 0.176. The number of nitrogens with zero attached hydrogens (tertiary/aromatic N) is 1. The van der Waals surface area contributed by atoms with Crippen LogP contribution in [0.4, 0.5) is 5.82 Å². The van der Waals surface area contributed by atoms with Gasteiger partial charge < -0.3 is 19.4 Å². The highest BCUT2D eigenvalue weighted by molar-refractivity contribution is 7.92. The van der Waals surface area contributed by atoms with Crippen LogP contribution >= 0.6 is 0 Å². The van der Waals surface area contributed by atoms with Crippen LogP contribution in [0.15, 0.2) is 41.4 Å². The zero-order chi connectivity index (χ0) is 19.3. The van der Waals surface area contributed by atoms with E-state index in [-0.39, 0.29) is 27.8 Å². The van der Waals surface area contributed by atoms with E-state index >= 15 is 0 Å². The van der Waals surface area contributed by atoms with Crippen LogP contribution < -0.4 is 19.3 Å². The summed E-state index contributed by atoms with van der Waals surface area (Å²) in [7, 11) is -1.43. The molecule has 1 N–H and O–H groups in total. The van der Waals surface area contributed by atoms with E-state index in [2.05, 4.69) is 9.71 Å². The molecule has 0 radical (unpaired) electrons. The maximum atomic E-state index is 12.8. The molecule has 1 aromatic heterocycles. The van der Waals surface area contributed by atoms with Crippen molar-refractivity contribution >= 4 is 27.9 Å². The summed E-state index contributed by atoms with van der Waals surface area (Å²) in [6, 6.07) is 5.94. The van der Waals surface area contributed by atoms with E-state index < -0.39 is 16.0 Å². The molecule has 0 aliphatic heterocycles. The number of pyridine rings is 1. The smallest absolute Gasteiger partial charge is 0.266 e. The molecule has 0 spiro atoms. The van der Waals surface area contributed by atoms with E-state index in [1.807, 2.05) is 6.92 Å². The number of carbonyl (C=O) groups is 1. The summed E-state index contributed by atoms with van der Waals surface area (Å²) in [5.41, 5.74) is 1.16. The molecular formula is C17H17N2O6S-. The van der Waals surface area contributed by atoms with E-state index in [1.165, 1.54) is 44.7 Å². The Bertz CT molecular complexity index is 936. The number of carboxylic acids is 1.